The lowest BCUT2D eigenvalue weighted by molar-refractivity contribution is -0.105. The zero-order valence-electron chi connectivity index (χ0n) is 10.8. The van der Waals surface area contributed by atoms with Crippen molar-refractivity contribution in [2.24, 2.45) is 5.73 Å². The van der Waals surface area contributed by atoms with Gasteiger partial charge in [0.25, 0.3) is 0 Å². The molecular weight excluding hydrogens is 220 g/mol. The van der Waals surface area contributed by atoms with Crippen LogP contribution in [0.1, 0.15) is 33.6 Å². The third-order valence-corrected chi connectivity index (χ3v) is 1.91. The zero-order chi connectivity index (χ0) is 13.5. The molecule has 0 aromatic carbocycles. The van der Waals surface area contributed by atoms with Gasteiger partial charge in [-0.1, -0.05) is 6.58 Å². The number of aldehydes is 1. The molecule has 1 atom stereocenters. The fraction of sp³-hybridized carbons (Fsp3) is 0.667. The van der Waals surface area contributed by atoms with Crippen molar-refractivity contribution in [2.45, 2.75) is 45.3 Å². The quantitative estimate of drug-likeness (QED) is 0.544. The number of rotatable bonds is 6. The third-order valence-electron chi connectivity index (χ3n) is 1.91. The number of hydrogen-bond acceptors (Lipinski definition) is 4. The van der Waals surface area contributed by atoms with Crippen molar-refractivity contribution in [3.63, 3.8) is 0 Å². The van der Waals surface area contributed by atoms with Crippen LogP contribution < -0.4 is 11.1 Å². The Morgan fingerprint density at radius 2 is 2.12 bits per heavy atom. The summed E-state index contributed by atoms with van der Waals surface area (Å²) in [5, 5.41) is 2.68. The van der Waals surface area contributed by atoms with Crippen LogP contribution in [0.4, 0.5) is 4.79 Å². The number of ether oxygens (including phenoxy) is 1. The van der Waals surface area contributed by atoms with Crippen molar-refractivity contribution < 1.29 is 14.3 Å². The molecule has 0 aliphatic heterocycles. The Morgan fingerprint density at radius 1 is 1.53 bits per heavy atom. The second kappa shape index (κ2) is 7.06. The van der Waals surface area contributed by atoms with E-state index in [9.17, 15) is 9.59 Å². The standard InChI is InChI=1S/C12H22N2O3/c1-9(8-15)7-10(5-6-13)14-11(16)17-12(2,3)4/h8,10H,1,5-7,13H2,2-4H3,(H,14,16)/t10-/m1/s1. The summed E-state index contributed by atoms with van der Waals surface area (Å²) < 4.78 is 5.12. The molecule has 17 heavy (non-hydrogen) atoms. The van der Waals surface area contributed by atoms with Crippen molar-refractivity contribution in [1.82, 2.24) is 5.32 Å². The summed E-state index contributed by atoms with van der Waals surface area (Å²) >= 11 is 0. The number of nitrogens with one attached hydrogen (secondary N) is 1. The number of carbonyl (C=O) groups excluding carboxylic acids is 2. The first kappa shape index (κ1) is 15.6. The van der Waals surface area contributed by atoms with E-state index in [0.29, 0.717) is 31.2 Å². The van der Waals surface area contributed by atoms with Gasteiger partial charge in [0.1, 0.15) is 11.9 Å². The topological polar surface area (TPSA) is 81.4 Å². The van der Waals surface area contributed by atoms with Gasteiger partial charge in [-0.3, -0.25) is 4.79 Å². The molecule has 98 valence electrons. The van der Waals surface area contributed by atoms with Crippen molar-refractivity contribution in [3.05, 3.63) is 12.2 Å². The van der Waals surface area contributed by atoms with Gasteiger partial charge in [-0.2, -0.15) is 0 Å². The average Bonchev–Trinajstić information content (AvgIpc) is 2.14. The lowest BCUT2D eigenvalue weighted by Gasteiger charge is -2.23. The normalized spacial score (nSPS) is 12.7. The minimum atomic E-state index is -0.543. The molecule has 0 aromatic rings. The SMILES string of the molecule is C=C(C=O)C[C@@H](CCN)NC(=O)OC(C)(C)C. The predicted octanol–water partition coefficient (Wildman–Crippen LogP) is 1.37. The van der Waals surface area contributed by atoms with E-state index < -0.39 is 11.7 Å². The summed E-state index contributed by atoms with van der Waals surface area (Å²) in [6.07, 6.45) is 1.14. The van der Waals surface area contributed by atoms with E-state index >= 15 is 0 Å². The Kier molecular flexibility index (Phi) is 6.50. The highest BCUT2D eigenvalue weighted by molar-refractivity contribution is 5.73. The monoisotopic (exact) mass is 242 g/mol. The van der Waals surface area contributed by atoms with Crippen LogP contribution in [0.2, 0.25) is 0 Å². The summed E-state index contributed by atoms with van der Waals surface area (Å²) in [5.41, 5.74) is 5.33. The molecule has 0 bridgehead atoms. The number of alkyl carbamates (subject to hydrolysis) is 1. The fourth-order valence-corrected chi connectivity index (χ4v) is 1.27. The molecule has 5 nitrogen and oxygen atoms in total. The van der Waals surface area contributed by atoms with Crippen LogP contribution in [-0.2, 0) is 9.53 Å². The first-order valence-corrected chi connectivity index (χ1v) is 5.61. The minimum Gasteiger partial charge on any atom is -0.444 e. The molecule has 0 fully saturated rings. The van der Waals surface area contributed by atoms with E-state index in [-0.39, 0.29) is 6.04 Å². The lowest BCUT2D eigenvalue weighted by atomic mass is 10.1. The molecule has 5 heteroatoms. The number of hydrogen-bond donors (Lipinski definition) is 2. The summed E-state index contributed by atoms with van der Waals surface area (Å²) in [4.78, 5) is 22.0. The largest absolute Gasteiger partial charge is 0.444 e. The van der Waals surface area contributed by atoms with E-state index in [1.807, 2.05) is 0 Å². The third kappa shape index (κ3) is 8.45. The maximum absolute atomic E-state index is 11.5. The van der Waals surface area contributed by atoms with Gasteiger partial charge in [-0.25, -0.2) is 4.79 Å². The molecule has 0 saturated carbocycles. The van der Waals surface area contributed by atoms with Crippen molar-refractivity contribution >= 4 is 12.4 Å². The van der Waals surface area contributed by atoms with Gasteiger partial charge in [0, 0.05) is 6.04 Å². The average molecular weight is 242 g/mol. The van der Waals surface area contributed by atoms with Crippen molar-refractivity contribution in [2.75, 3.05) is 6.54 Å². The second-order valence-electron chi connectivity index (χ2n) is 4.90. The van der Waals surface area contributed by atoms with Gasteiger partial charge in [0.2, 0.25) is 0 Å². The Labute approximate surface area is 102 Å². The van der Waals surface area contributed by atoms with Gasteiger partial charge in [0.15, 0.2) is 0 Å². The Balaban J connectivity index is 4.28. The molecule has 0 spiro atoms. The summed E-state index contributed by atoms with van der Waals surface area (Å²) in [7, 11) is 0. The van der Waals surface area contributed by atoms with Gasteiger partial charge >= 0.3 is 6.09 Å². The molecule has 0 aromatic heterocycles. The smallest absolute Gasteiger partial charge is 0.407 e. The van der Waals surface area contributed by atoms with E-state index in [0.717, 1.165) is 0 Å². The Morgan fingerprint density at radius 3 is 2.53 bits per heavy atom. The van der Waals surface area contributed by atoms with Crippen molar-refractivity contribution in [1.29, 1.82) is 0 Å². The molecule has 3 N–H and O–H groups in total. The van der Waals surface area contributed by atoms with Crippen LogP contribution in [-0.4, -0.2) is 30.6 Å². The molecule has 0 aliphatic carbocycles. The Hall–Kier alpha value is -1.36. The molecule has 0 radical (unpaired) electrons. The molecule has 0 rings (SSSR count). The van der Waals surface area contributed by atoms with Gasteiger partial charge in [-0.05, 0) is 45.7 Å². The second-order valence-corrected chi connectivity index (χ2v) is 4.90. The highest BCUT2D eigenvalue weighted by Gasteiger charge is 2.19. The summed E-state index contributed by atoms with van der Waals surface area (Å²) in [6.45, 7) is 9.36. The van der Waals surface area contributed by atoms with E-state index in [1.165, 1.54) is 0 Å². The molecule has 0 saturated heterocycles. The maximum atomic E-state index is 11.5. The van der Waals surface area contributed by atoms with E-state index in [4.69, 9.17) is 10.5 Å². The fourth-order valence-electron chi connectivity index (χ4n) is 1.27. The number of carbonyl (C=O) groups is 2. The highest BCUT2D eigenvalue weighted by Crippen LogP contribution is 2.09. The molecule has 0 unspecified atom stereocenters. The molecule has 0 heterocycles. The summed E-state index contributed by atoms with van der Waals surface area (Å²) in [6, 6.07) is -0.215. The van der Waals surface area contributed by atoms with Gasteiger partial charge in [-0.15, -0.1) is 0 Å². The lowest BCUT2D eigenvalue weighted by Crippen LogP contribution is -2.40. The van der Waals surface area contributed by atoms with E-state index in [2.05, 4.69) is 11.9 Å². The molecular formula is C12H22N2O3. The van der Waals surface area contributed by atoms with E-state index in [1.54, 1.807) is 20.8 Å². The van der Waals surface area contributed by atoms with Crippen LogP contribution in [0.5, 0.6) is 0 Å². The van der Waals surface area contributed by atoms with Crippen LogP contribution >= 0.6 is 0 Å². The highest BCUT2D eigenvalue weighted by atomic mass is 16.6. The number of nitrogens with two attached hydrogens (primary N) is 1. The first-order chi connectivity index (χ1) is 7.78. The summed E-state index contributed by atoms with van der Waals surface area (Å²) in [5.74, 6) is 0. The number of amides is 1. The van der Waals surface area contributed by atoms with Gasteiger partial charge < -0.3 is 15.8 Å². The Bertz CT molecular complexity index is 282. The predicted molar refractivity (Wildman–Crippen MR) is 66.7 cm³/mol. The van der Waals surface area contributed by atoms with Crippen LogP contribution in [0.25, 0.3) is 0 Å². The van der Waals surface area contributed by atoms with Crippen LogP contribution in [0.15, 0.2) is 12.2 Å². The zero-order valence-corrected chi connectivity index (χ0v) is 10.8. The van der Waals surface area contributed by atoms with Crippen LogP contribution in [0, 0.1) is 0 Å². The maximum Gasteiger partial charge on any atom is 0.407 e. The van der Waals surface area contributed by atoms with Gasteiger partial charge in [0.05, 0.1) is 0 Å². The first-order valence-electron chi connectivity index (χ1n) is 5.61. The molecule has 1 amide bonds. The van der Waals surface area contributed by atoms with Crippen molar-refractivity contribution in [3.8, 4) is 0 Å². The van der Waals surface area contributed by atoms with Crippen LogP contribution in [0.3, 0.4) is 0 Å². The minimum absolute atomic E-state index is 0.215. The molecule has 0 aliphatic rings.